The average molecular weight is 450 g/mol. The van der Waals surface area contributed by atoms with Gasteiger partial charge < -0.3 is 15.4 Å². The second-order valence-electron chi connectivity index (χ2n) is 8.20. The van der Waals surface area contributed by atoms with Gasteiger partial charge in [-0.25, -0.2) is 0 Å². The molecule has 1 heterocycles. The number of hydrogen-bond acceptors (Lipinski definition) is 3. The van der Waals surface area contributed by atoms with Crippen LogP contribution >= 0.6 is 0 Å². The van der Waals surface area contributed by atoms with E-state index in [1.807, 2.05) is 7.05 Å². The first kappa shape index (κ1) is 27.8. The molecule has 2 aromatic carbocycles. The van der Waals surface area contributed by atoms with Crippen LogP contribution in [0.2, 0.25) is 0 Å². The van der Waals surface area contributed by atoms with Crippen molar-refractivity contribution in [1.82, 2.24) is 10.6 Å². The van der Waals surface area contributed by atoms with Gasteiger partial charge in [-0.2, -0.15) is 0 Å². The van der Waals surface area contributed by atoms with Crippen molar-refractivity contribution in [3.63, 3.8) is 0 Å². The van der Waals surface area contributed by atoms with Crippen LogP contribution in [0.3, 0.4) is 0 Å². The second-order valence-corrected chi connectivity index (χ2v) is 8.20. The molecule has 0 radical (unpaired) electrons. The molecule has 1 fully saturated rings. The Morgan fingerprint density at radius 1 is 1.15 bits per heavy atom. The Morgan fingerprint density at radius 2 is 1.82 bits per heavy atom. The summed E-state index contributed by atoms with van der Waals surface area (Å²) in [6, 6.07) is 17.2. The van der Waals surface area contributed by atoms with Gasteiger partial charge in [-0.15, -0.1) is 0 Å². The van der Waals surface area contributed by atoms with Crippen LogP contribution in [0.1, 0.15) is 48.9 Å². The number of nitrogens with one attached hydrogen (secondary N) is 2. The van der Waals surface area contributed by atoms with Crippen molar-refractivity contribution in [2.75, 3.05) is 20.6 Å². The predicted molar refractivity (Wildman–Crippen MR) is 140 cm³/mol. The molecule has 1 saturated heterocycles. The average Bonchev–Trinajstić information content (AvgIpc) is 3.24. The molecule has 0 unspecified atom stereocenters. The van der Waals surface area contributed by atoms with Gasteiger partial charge in [0.25, 0.3) is 0 Å². The second kappa shape index (κ2) is 15.6. The van der Waals surface area contributed by atoms with Gasteiger partial charge in [-0.05, 0) is 50.0 Å². The minimum atomic E-state index is -0.0671. The molecule has 1 amide bonds. The number of amides is 1. The van der Waals surface area contributed by atoms with E-state index in [0.29, 0.717) is 13.0 Å². The summed E-state index contributed by atoms with van der Waals surface area (Å²) in [6.07, 6.45) is 5.60. The molecule has 2 aromatic rings. The third kappa shape index (κ3) is 11.3. The van der Waals surface area contributed by atoms with Gasteiger partial charge in [0, 0.05) is 33.0 Å². The fourth-order valence-corrected chi connectivity index (χ4v) is 3.33. The number of benzene rings is 2. The maximum Gasteiger partial charge on any atom is 0.220 e. The van der Waals surface area contributed by atoms with Crippen molar-refractivity contribution in [2.45, 2.75) is 47.0 Å². The molecule has 1 aliphatic heterocycles. The smallest absolute Gasteiger partial charge is 0.220 e. The van der Waals surface area contributed by atoms with Crippen molar-refractivity contribution < 1.29 is 9.59 Å². The molecule has 5 nitrogen and oxygen atoms in total. The standard InChI is InChI=1S/C15H22N2.C8H10.C5H7NO2/c1-5-7-13-8-6-9-14(11-13)12(2)10-15(16-3)17-4;1-7-4-3-5-8(2)6-7;7-3-4-1-5(8)6-2-4/h6,8-11H,5,7H2,1-4H3,(H,16,17);3-6H,1-2H3;3-4H,1-2H2,(H,6,8)/b12-10+;;/t;;4-/m..1/s1. The van der Waals surface area contributed by atoms with E-state index in [9.17, 15) is 9.59 Å². The first-order valence-corrected chi connectivity index (χ1v) is 11.5. The number of hydrogen-bond donors (Lipinski definition) is 2. The highest BCUT2D eigenvalue weighted by atomic mass is 16.2. The summed E-state index contributed by atoms with van der Waals surface area (Å²) in [5, 5.41) is 5.62. The summed E-state index contributed by atoms with van der Waals surface area (Å²) in [5.41, 5.74) is 6.58. The SMILES string of the molecule is CCCc1cccc(/C(C)=C/C(=NC)NC)c1.Cc1cccc(C)c1.O=C[C@H]1CNC(=O)C1. The lowest BCUT2D eigenvalue weighted by Crippen LogP contribution is -2.15. The van der Waals surface area contributed by atoms with Gasteiger partial charge in [0.15, 0.2) is 0 Å². The number of aldehydes is 1. The van der Waals surface area contributed by atoms with Crippen molar-refractivity contribution in [3.05, 3.63) is 76.9 Å². The summed E-state index contributed by atoms with van der Waals surface area (Å²) in [4.78, 5) is 24.5. The number of carbonyl (C=O) groups excluding carboxylic acids is 2. The maximum atomic E-state index is 10.3. The normalized spacial score (nSPS) is 15.5. The van der Waals surface area contributed by atoms with Crippen LogP contribution in [0.15, 0.2) is 59.6 Å². The number of allylic oxidation sites excluding steroid dienone is 1. The lowest BCUT2D eigenvalue weighted by atomic mass is 10.0. The highest BCUT2D eigenvalue weighted by Crippen LogP contribution is 2.16. The van der Waals surface area contributed by atoms with Crippen LogP contribution in [0.25, 0.3) is 5.57 Å². The summed E-state index contributed by atoms with van der Waals surface area (Å²) in [7, 11) is 3.68. The monoisotopic (exact) mass is 449 g/mol. The number of carbonyl (C=O) groups is 2. The van der Waals surface area contributed by atoms with Crippen LogP contribution in [0.4, 0.5) is 0 Å². The Bertz CT molecular complexity index is 930. The van der Waals surface area contributed by atoms with Crippen LogP contribution in [-0.4, -0.2) is 38.7 Å². The van der Waals surface area contributed by atoms with Crippen LogP contribution in [0, 0.1) is 19.8 Å². The van der Waals surface area contributed by atoms with Gasteiger partial charge >= 0.3 is 0 Å². The Labute approximate surface area is 199 Å². The molecule has 1 atom stereocenters. The lowest BCUT2D eigenvalue weighted by molar-refractivity contribution is -0.120. The maximum absolute atomic E-state index is 10.3. The molecule has 0 aliphatic carbocycles. The fourth-order valence-electron chi connectivity index (χ4n) is 3.33. The van der Waals surface area contributed by atoms with Crippen molar-refractivity contribution in [3.8, 4) is 0 Å². The molecule has 0 bridgehead atoms. The first-order valence-electron chi connectivity index (χ1n) is 11.5. The molecule has 2 N–H and O–H groups in total. The van der Waals surface area contributed by atoms with E-state index in [2.05, 4.69) is 97.9 Å². The Hall–Kier alpha value is -3.21. The minimum absolute atomic E-state index is 0.0119. The minimum Gasteiger partial charge on any atom is -0.373 e. The summed E-state index contributed by atoms with van der Waals surface area (Å²) < 4.78 is 0. The van der Waals surface area contributed by atoms with Gasteiger partial charge in [0.2, 0.25) is 5.91 Å². The molecule has 33 heavy (non-hydrogen) atoms. The van der Waals surface area contributed by atoms with Gasteiger partial charge in [-0.3, -0.25) is 9.79 Å². The Balaban J connectivity index is 0.000000281. The van der Waals surface area contributed by atoms with Gasteiger partial charge in [-0.1, -0.05) is 73.0 Å². The molecular formula is C28H39N3O2. The van der Waals surface area contributed by atoms with E-state index >= 15 is 0 Å². The molecule has 0 spiro atoms. The quantitative estimate of drug-likeness (QED) is 0.387. The number of likely N-dealkylation sites (N-methyl/N-ethyl adjacent to an activating group) is 1. The summed E-state index contributed by atoms with van der Waals surface area (Å²) >= 11 is 0. The third-order valence-electron chi connectivity index (χ3n) is 5.15. The van der Waals surface area contributed by atoms with Crippen LogP contribution in [0.5, 0.6) is 0 Å². The molecule has 178 valence electrons. The largest absolute Gasteiger partial charge is 0.373 e. The number of aryl methyl sites for hydroxylation is 3. The number of rotatable bonds is 5. The van der Waals surface area contributed by atoms with E-state index in [0.717, 1.165) is 18.5 Å². The van der Waals surface area contributed by atoms with Gasteiger partial charge in [0.05, 0.1) is 0 Å². The Kier molecular flexibility index (Phi) is 13.1. The van der Waals surface area contributed by atoms with E-state index in [1.165, 1.54) is 34.2 Å². The van der Waals surface area contributed by atoms with Crippen LogP contribution < -0.4 is 10.6 Å². The van der Waals surface area contributed by atoms with Gasteiger partial charge in [0.1, 0.15) is 12.1 Å². The number of aliphatic imine (C=N–C) groups is 1. The fraction of sp³-hybridized carbons (Fsp3) is 0.393. The number of amidine groups is 1. The molecule has 1 aliphatic rings. The van der Waals surface area contributed by atoms with E-state index in [1.54, 1.807) is 7.05 Å². The topological polar surface area (TPSA) is 70.6 Å². The summed E-state index contributed by atoms with van der Waals surface area (Å²) in [5.74, 6) is 0.827. The van der Waals surface area contributed by atoms with Crippen molar-refractivity contribution in [1.29, 1.82) is 0 Å². The molecule has 3 rings (SSSR count). The predicted octanol–water partition coefficient (Wildman–Crippen LogP) is 4.91. The van der Waals surface area contributed by atoms with E-state index in [-0.39, 0.29) is 11.8 Å². The molecule has 0 aromatic heterocycles. The molecular weight excluding hydrogens is 410 g/mol. The first-order chi connectivity index (χ1) is 15.8. The number of nitrogens with zero attached hydrogens (tertiary/aromatic N) is 1. The van der Waals surface area contributed by atoms with E-state index < -0.39 is 0 Å². The van der Waals surface area contributed by atoms with Crippen molar-refractivity contribution in [2.24, 2.45) is 10.9 Å². The molecule has 0 saturated carbocycles. The highest BCUT2D eigenvalue weighted by Gasteiger charge is 2.19. The summed E-state index contributed by atoms with van der Waals surface area (Å²) in [6.45, 7) is 9.06. The molecule has 5 heteroatoms. The third-order valence-corrected chi connectivity index (χ3v) is 5.15. The zero-order chi connectivity index (χ0) is 24.6. The van der Waals surface area contributed by atoms with E-state index in [4.69, 9.17) is 0 Å². The van der Waals surface area contributed by atoms with Crippen LogP contribution in [-0.2, 0) is 16.0 Å². The zero-order valence-electron chi connectivity index (χ0n) is 20.9. The Morgan fingerprint density at radius 3 is 2.24 bits per heavy atom. The van der Waals surface area contributed by atoms with Crippen molar-refractivity contribution >= 4 is 23.6 Å². The zero-order valence-corrected chi connectivity index (χ0v) is 20.9. The lowest BCUT2D eigenvalue weighted by Gasteiger charge is -2.06. The highest BCUT2D eigenvalue weighted by molar-refractivity contribution is 5.98.